The molecular weight excluding hydrogens is 602 g/mol. The molecule has 236 valence electrons. The molecule has 3 aromatic carbocycles. The summed E-state index contributed by atoms with van der Waals surface area (Å²) in [5.74, 6) is 0.193. The average Bonchev–Trinajstić information content (AvgIpc) is 3.02. The fraction of sp³-hybridized carbons (Fsp3) is 0.394. The summed E-state index contributed by atoms with van der Waals surface area (Å²) >= 11 is 6.40. The van der Waals surface area contributed by atoms with Crippen molar-refractivity contribution in [2.75, 3.05) is 25.1 Å². The molecule has 0 aromatic heterocycles. The summed E-state index contributed by atoms with van der Waals surface area (Å²) in [6.07, 6.45) is 5.02. The molecule has 0 radical (unpaired) electrons. The average molecular weight is 642 g/mol. The van der Waals surface area contributed by atoms with E-state index in [1.165, 1.54) is 36.3 Å². The van der Waals surface area contributed by atoms with Crippen molar-refractivity contribution in [2.45, 2.75) is 69.5 Å². The van der Waals surface area contributed by atoms with E-state index in [4.69, 9.17) is 21.1 Å². The molecule has 0 heterocycles. The number of carbonyl (C=O) groups is 2. The van der Waals surface area contributed by atoms with Gasteiger partial charge in [0, 0.05) is 12.6 Å². The number of anilines is 1. The van der Waals surface area contributed by atoms with Crippen molar-refractivity contribution in [1.29, 1.82) is 0 Å². The minimum absolute atomic E-state index is 0.0210. The van der Waals surface area contributed by atoms with E-state index in [0.29, 0.717) is 11.5 Å². The van der Waals surface area contributed by atoms with Crippen LogP contribution in [0.2, 0.25) is 5.02 Å². The number of hydrogen-bond donors (Lipinski definition) is 1. The Labute approximate surface area is 265 Å². The maximum atomic E-state index is 14.2. The molecule has 0 bridgehead atoms. The molecule has 1 atom stereocenters. The number of hydrogen-bond acceptors (Lipinski definition) is 6. The van der Waals surface area contributed by atoms with Gasteiger partial charge in [-0.05, 0) is 74.7 Å². The zero-order valence-electron chi connectivity index (χ0n) is 25.6. The van der Waals surface area contributed by atoms with Crippen LogP contribution in [0.1, 0.15) is 50.2 Å². The molecule has 1 aliphatic rings. The highest BCUT2D eigenvalue weighted by Crippen LogP contribution is 2.32. The molecule has 0 aliphatic heterocycles. The standard InChI is InChI=1S/C33H40ClN3O6S/c1-23-10-17-29(18-11-23)44(40,41)37(27-14-19-31(43-4)30(34)20-27)22-32(38)36(21-25-12-15-28(42-3)16-13-25)24(2)33(39)35-26-8-6-5-7-9-26/h10-20,24,26H,5-9,21-22H2,1-4H3,(H,35,39). The van der Waals surface area contributed by atoms with Crippen molar-refractivity contribution in [2.24, 2.45) is 0 Å². The second kappa shape index (κ2) is 14.8. The van der Waals surface area contributed by atoms with Gasteiger partial charge in [-0.1, -0.05) is 60.7 Å². The van der Waals surface area contributed by atoms with Crippen LogP contribution in [-0.4, -0.2) is 58.0 Å². The molecule has 2 amide bonds. The first-order chi connectivity index (χ1) is 21.0. The zero-order valence-corrected chi connectivity index (χ0v) is 27.2. The number of nitrogens with one attached hydrogen (secondary N) is 1. The van der Waals surface area contributed by atoms with Gasteiger partial charge in [-0.3, -0.25) is 13.9 Å². The molecule has 1 N–H and O–H groups in total. The smallest absolute Gasteiger partial charge is 0.264 e. The lowest BCUT2D eigenvalue weighted by atomic mass is 9.95. The third-order valence-electron chi connectivity index (χ3n) is 7.94. The molecule has 3 aromatic rings. The fourth-order valence-corrected chi connectivity index (χ4v) is 6.91. The second-order valence-electron chi connectivity index (χ2n) is 11.0. The highest BCUT2D eigenvalue weighted by atomic mass is 35.5. The van der Waals surface area contributed by atoms with E-state index >= 15 is 0 Å². The summed E-state index contributed by atoms with van der Waals surface area (Å²) < 4.78 is 39.7. The number of carbonyl (C=O) groups excluding carboxylic acids is 2. The van der Waals surface area contributed by atoms with Gasteiger partial charge in [0.15, 0.2) is 0 Å². The van der Waals surface area contributed by atoms with Gasteiger partial charge in [0.1, 0.15) is 24.1 Å². The number of sulfonamides is 1. The lowest BCUT2D eigenvalue weighted by Crippen LogP contribution is -2.53. The molecule has 1 saturated carbocycles. The predicted octanol–water partition coefficient (Wildman–Crippen LogP) is 5.73. The summed E-state index contributed by atoms with van der Waals surface area (Å²) in [7, 11) is -1.19. The summed E-state index contributed by atoms with van der Waals surface area (Å²) in [6, 6.07) is 17.3. The molecule has 4 rings (SSSR count). The highest BCUT2D eigenvalue weighted by molar-refractivity contribution is 7.92. The molecule has 0 spiro atoms. The Kier molecular flexibility index (Phi) is 11.2. The topological polar surface area (TPSA) is 105 Å². The Hall–Kier alpha value is -3.76. The van der Waals surface area contributed by atoms with Crippen LogP contribution in [0.25, 0.3) is 0 Å². The van der Waals surface area contributed by atoms with Gasteiger partial charge in [-0.15, -0.1) is 0 Å². The van der Waals surface area contributed by atoms with Crippen molar-refractivity contribution in [3.8, 4) is 11.5 Å². The first kappa shape index (κ1) is 33.1. The Morgan fingerprint density at radius 1 is 0.955 bits per heavy atom. The molecule has 0 saturated heterocycles. The van der Waals surface area contributed by atoms with Crippen molar-refractivity contribution < 1.29 is 27.5 Å². The van der Waals surface area contributed by atoms with Crippen molar-refractivity contribution in [1.82, 2.24) is 10.2 Å². The third-order valence-corrected chi connectivity index (χ3v) is 10.0. The first-order valence-electron chi connectivity index (χ1n) is 14.7. The number of halogens is 1. The van der Waals surface area contributed by atoms with Gasteiger partial charge in [0.25, 0.3) is 10.0 Å². The van der Waals surface area contributed by atoms with E-state index in [-0.39, 0.29) is 34.1 Å². The van der Waals surface area contributed by atoms with E-state index in [9.17, 15) is 18.0 Å². The predicted molar refractivity (Wildman–Crippen MR) is 172 cm³/mol. The lowest BCUT2D eigenvalue weighted by molar-refractivity contribution is -0.139. The molecule has 9 nitrogen and oxygen atoms in total. The first-order valence-corrected chi connectivity index (χ1v) is 16.5. The van der Waals surface area contributed by atoms with Crippen LogP contribution in [0.15, 0.2) is 71.6 Å². The van der Waals surface area contributed by atoms with Crippen molar-refractivity contribution in [3.63, 3.8) is 0 Å². The second-order valence-corrected chi connectivity index (χ2v) is 13.3. The van der Waals surface area contributed by atoms with E-state index < -0.39 is 28.5 Å². The third kappa shape index (κ3) is 8.04. The number of aryl methyl sites for hydroxylation is 1. The van der Waals surface area contributed by atoms with Crippen LogP contribution in [0.3, 0.4) is 0 Å². The van der Waals surface area contributed by atoms with E-state index in [2.05, 4.69) is 5.32 Å². The number of ether oxygens (including phenoxy) is 2. The molecule has 1 aliphatic carbocycles. The van der Waals surface area contributed by atoms with Gasteiger partial charge in [-0.2, -0.15) is 0 Å². The monoisotopic (exact) mass is 641 g/mol. The number of methoxy groups -OCH3 is 2. The Bertz CT molecular complexity index is 1540. The minimum atomic E-state index is -4.22. The van der Waals surface area contributed by atoms with Crippen LogP contribution < -0.4 is 19.1 Å². The number of benzene rings is 3. The Morgan fingerprint density at radius 3 is 2.20 bits per heavy atom. The summed E-state index contributed by atoms with van der Waals surface area (Å²) in [5, 5.41) is 3.30. The van der Waals surface area contributed by atoms with E-state index in [1.807, 2.05) is 19.1 Å². The van der Waals surface area contributed by atoms with Crippen molar-refractivity contribution in [3.05, 3.63) is 82.9 Å². The summed E-state index contributed by atoms with van der Waals surface area (Å²) in [4.78, 5) is 29.1. The maximum absolute atomic E-state index is 14.2. The Balaban J connectivity index is 1.70. The lowest BCUT2D eigenvalue weighted by Gasteiger charge is -2.33. The Morgan fingerprint density at radius 2 is 1.61 bits per heavy atom. The SMILES string of the molecule is COc1ccc(CN(C(=O)CN(c2ccc(OC)c(Cl)c2)S(=O)(=O)c2ccc(C)cc2)C(C)C(=O)NC2CCCCC2)cc1. The molecule has 1 unspecified atom stereocenters. The van der Waals surface area contributed by atoms with Gasteiger partial charge in [-0.25, -0.2) is 8.42 Å². The van der Waals surface area contributed by atoms with Crippen LogP contribution >= 0.6 is 11.6 Å². The number of amides is 2. The maximum Gasteiger partial charge on any atom is 0.264 e. The molecule has 1 fully saturated rings. The van der Waals surface area contributed by atoms with Crippen LogP contribution in [0.4, 0.5) is 5.69 Å². The van der Waals surface area contributed by atoms with Crippen LogP contribution in [-0.2, 0) is 26.2 Å². The largest absolute Gasteiger partial charge is 0.497 e. The van der Waals surface area contributed by atoms with Crippen LogP contribution in [0, 0.1) is 6.92 Å². The fourth-order valence-electron chi connectivity index (χ4n) is 5.26. The van der Waals surface area contributed by atoms with Gasteiger partial charge in [0.05, 0.1) is 29.8 Å². The quantitative estimate of drug-likeness (QED) is 0.271. The van der Waals surface area contributed by atoms with Gasteiger partial charge in [0.2, 0.25) is 11.8 Å². The molecular formula is C33H40ClN3O6S. The highest BCUT2D eigenvalue weighted by Gasteiger charge is 2.33. The summed E-state index contributed by atoms with van der Waals surface area (Å²) in [6.45, 7) is 3.06. The van der Waals surface area contributed by atoms with E-state index in [0.717, 1.165) is 47.5 Å². The number of nitrogens with zero attached hydrogens (tertiary/aromatic N) is 2. The zero-order chi connectivity index (χ0) is 31.9. The van der Waals surface area contributed by atoms with Crippen LogP contribution in [0.5, 0.6) is 11.5 Å². The van der Waals surface area contributed by atoms with Gasteiger partial charge >= 0.3 is 0 Å². The molecule has 11 heteroatoms. The van der Waals surface area contributed by atoms with Crippen molar-refractivity contribution >= 4 is 39.1 Å². The van der Waals surface area contributed by atoms with E-state index in [1.54, 1.807) is 44.4 Å². The molecule has 44 heavy (non-hydrogen) atoms. The number of rotatable bonds is 12. The minimum Gasteiger partial charge on any atom is -0.497 e. The normalized spacial score (nSPS) is 14.4. The van der Waals surface area contributed by atoms with Gasteiger partial charge < -0.3 is 19.7 Å². The summed E-state index contributed by atoms with van der Waals surface area (Å²) in [5.41, 5.74) is 1.84.